The van der Waals surface area contributed by atoms with Gasteiger partial charge in [0.25, 0.3) is 0 Å². The van der Waals surface area contributed by atoms with E-state index in [1.54, 1.807) is 7.11 Å². The van der Waals surface area contributed by atoms with Crippen LogP contribution in [-0.2, 0) is 6.54 Å². The van der Waals surface area contributed by atoms with E-state index in [1.807, 2.05) is 36.7 Å². The van der Waals surface area contributed by atoms with Crippen molar-refractivity contribution in [1.29, 1.82) is 0 Å². The highest BCUT2D eigenvalue weighted by molar-refractivity contribution is 5.45. The molecule has 0 unspecified atom stereocenters. The molecule has 0 aliphatic heterocycles. The Kier molecular flexibility index (Phi) is 4.96. The molecular formula is C16H19N3O2. The second kappa shape index (κ2) is 6.91. The third kappa shape index (κ3) is 3.83. The van der Waals surface area contributed by atoms with Crippen molar-refractivity contribution in [3.63, 3.8) is 0 Å². The van der Waals surface area contributed by atoms with Crippen LogP contribution in [0.15, 0.2) is 18.2 Å². The second-order valence-corrected chi connectivity index (χ2v) is 4.66. The largest absolute Gasteiger partial charge is 0.497 e. The van der Waals surface area contributed by atoms with Crippen molar-refractivity contribution in [3.8, 4) is 17.6 Å². The molecule has 5 nitrogen and oxygen atoms in total. The van der Waals surface area contributed by atoms with Gasteiger partial charge in [-0.3, -0.25) is 0 Å². The average molecular weight is 285 g/mol. The fourth-order valence-corrected chi connectivity index (χ4v) is 2.04. The minimum Gasteiger partial charge on any atom is -0.497 e. The Morgan fingerprint density at radius 2 is 2.14 bits per heavy atom. The van der Waals surface area contributed by atoms with Crippen molar-refractivity contribution in [2.75, 3.05) is 13.7 Å². The summed E-state index contributed by atoms with van der Waals surface area (Å²) in [5, 5.41) is 13.2. The molecule has 2 rings (SSSR count). The summed E-state index contributed by atoms with van der Waals surface area (Å²) in [6.07, 6.45) is 0.465. The van der Waals surface area contributed by atoms with Crippen molar-refractivity contribution in [2.45, 2.75) is 26.8 Å². The lowest BCUT2D eigenvalue weighted by Gasteiger charge is -2.08. The maximum absolute atomic E-state index is 8.83. The van der Waals surface area contributed by atoms with Gasteiger partial charge in [0.1, 0.15) is 17.4 Å². The summed E-state index contributed by atoms with van der Waals surface area (Å²) >= 11 is 0. The predicted octanol–water partition coefficient (Wildman–Crippen LogP) is 1.69. The zero-order valence-electron chi connectivity index (χ0n) is 12.6. The molecule has 0 saturated heterocycles. The van der Waals surface area contributed by atoms with E-state index in [0.717, 1.165) is 28.5 Å². The predicted molar refractivity (Wildman–Crippen MR) is 80.2 cm³/mol. The first-order valence-corrected chi connectivity index (χ1v) is 6.78. The number of nitrogens with zero attached hydrogens (tertiary/aromatic N) is 3. The maximum Gasteiger partial charge on any atom is 0.147 e. The van der Waals surface area contributed by atoms with Crippen LogP contribution < -0.4 is 4.74 Å². The number of hydrogen-bond donors (Lipinski definition) is 1. The van der Waals surface area contributed by atoms with Crippen LogP contribution >= 0.6 is 0 Å². The molecule has 0 spiro atoms. The van der Waals surface area contributed by atoms with Gasteiger partial charge in [0.2, 0.25) is 0 Å². The fourth-order valence-electron chi connectivity index (χ4n) is 2.04. The van der Waals surface area contributed by atoms with Crippen LogP contribution in [0.5, 0.6) is 5.75 Å². The molecule has 5 heteroatoms. The molecule has 0 bridgehead atoms. The van der Waals surface area contributed by atoms with E-state index in [0.29, 0.717) is 13.0 Å². The number of aromatic nitrogens is 3. The van der Waals surface area contributed by atoms with Crippen LogP contribution in [-0.4, -0.2) is 33.6 Å². The Balaban J connectivity index is 2.35. The molecule has 0 atom stereocenters. The van der Waals surface area contributed by atoms with Gasteiger partial charge in [-0.25, -0.2) is 9.67 Å². The summed E-state index contributed by atoms with van der Waals surface area (Å²) in [6.45, 7) is 4.46. The summed E-state index contributed by atoms with van der Waals surface area (Å²) < 4.78 is 7.12. The molecule has 2 aromatic rings. The molecule has 0 saturated carbocycles. The second-order valence-electron chi connectivity index (χ2n) is 4.66. The summed E-state index contributed by atoms with van der Waals surface area (Å²) in [6, 6.07) is 5.77. The molecule has 110 valence electrons. The van der Waals surface area contributed by atoms with Crippen LogP contribution in [0.2, 0.25) is 0 Å². The third-order valence-electron chi connectivity index (χ3n) is 3.05. The normalized spacial score (nSPS) is 10.1. The van der Waals surface area contributed by atoms with Crippen molar-refractivity contribution >= 4 is 0 Å². The highest BCUT2D eigenvalue weighted by Crippen LogP contribution is 2.18. The number of hydrogen-bond acceptors (Lipinski definition) is 4. The molecule has 0 amide bonds. The standard InChI is InChI=1S/C16H19N3O2/c1-12-17-13(2)19(18-12)11-15-10-16(21-3)8-7-14(15)6-4-5-9-20/h7-8,10,20H,5,9,11H2,1-3H3. The van der Waals surface area contributed by atoms with E-state index in [-0.39, 0.29) is 6.61 Å². The Morgan fingerprint density at radius 1 is 1.33 bits per heavy atom. The highest BCUT2D eigenvalue weighted by Gasteiger charge is 2.08. The van der Waals surface area contributed by atoms with Gasteiger partial charge < -0.3 is 9.84 Å². The van der Waals surface area contributed by atoms with E-state index in [4.69, 9.17) is 9.84 Å². The zero-order chi connectivity index (χ0) is 15.2. The maximum atomic E-state index is 8.83. The minimum atomic E-state index is 0.0693. The van der Waals surface area contributed by atoms with E-state index in [9.17, 15) is 0 Å². The van der Waals surface area contributed by atoms with Crippen LogP contribution in [0.3, 0.4) is 0 Å². The van der Waals surface area contributed by atoms with Crippen LogP contribution in [0.4, 0.5) is 0 Å². The molecule has 1 heterocycles. The lowest BCUT2D eigenvalue weighted by atomic mass is 10.1. The van der Waals surface area contributed by atoms with Gasteiger partial charge in [0, 0.05) is 12.0 Å². The minimum absolute atomic E-state index is 0.0693. The number of aryl methyl sites for hydroxylation is 2. The average Bonchev–Trinajstić information content (AvgIpc) is 2.78. The topological polar surface area (TPSA) is 60.2 Å². The molecular weight excluding hydrogens is 266 g/mol. The first-order chi connectivity index (χ1) is 10.1. The Labute approximate surface area is 124 Å². The number of benzene rings is 1. The number of methoxy groups -OCH3 is 1. The number of rotatable bonds is 4. The van der Waals surface area contributed by atoms with Crippen LogP contribution in [0.25, 0.3) is 0 Å². The van der Waals surface area contributed by atoms with Gasteiger partial charge in [-0.05, 0) is 37.6 Å². The number of aliphatic hydroxyl groups is 1. The molecule has 1 aromatic carbocycles. The highest BCUT2D eigenvalue weighted by atomic mass is 16.5. The lowest BCUT2D eigenvalue weighted by Crippen LogP contribution is -2.06. The van der Waals surface area contributed by atoms with Crippen molar-refractivity contribution < 1.29 is 9.84 Å². The Hall–Kier alpha value is -2.32. The zero-order valence-corrected chi connectivity index (χ0v) is 12.6. The smallest absolute Gasteiger partial charge is 0.147 e. The van der Waals surface area contributed by atoms with Crippen LogP contribution in [0, 0.1) is 25.7 Å². The molecule has 0 aliphatic carbocycles. The summed E-state index contributed by atoms with van der Waals surface area (Å²) in [4.78, 5) is 4.31. The molecule has 0 radical (unpaired) electrons. The van der Waals surface area contributed by atoms with Gasteiger partial charge in [-0.15, -0.1) is 0 Å². The van der Waals surface area contributed by atoms with E-state index < -0.39 is 0 Å². The van der Waals surface area contributed by atoms with E-state index in [2.05, 4.69) is 21.9 Å². The van der Waals surface area contributed by atoms with Crippen LogP contribution in [0.1, 0.15) is 29.2 Å². The number of aliphatic hydroxyl groups excluding tert-OH is 1. The quantitative estimate of drug-likeness (QED) is 0.868. The molecule has 1 N–H and O–H groups in total. The first-order valence-electron chi connectivity index (χ1n) is 6.78. The molecule has 0 aliphatic rings. The summed E-state index contributed by atoms with van der Waals surface area (Å²) in [5.74, 6) is 8.44. The molecule has 1 aromatic heterocycles. The SMILES string of the molecule is COc1ccc(C#CCCO)c(Cn2nc(C)nc2C)c1. The monoisotopic (exact) mass is 285 g/mol. The third-order valence-corrected chi connectivity index (χ3v) is 3.05. The van der Waals surface area contributed by atoms with Gasteiger partial charge in [0.15, 0.2) is 0 Å². The van der Waals surface area contributed by atoms with Crippen molar-refractivity contribution in [1.82, 2.24) is 14.8 Å². The Morgan fingerprint density at radius 3 is 2.76 bits per heavy atom. The van der Waals surface area contributed by atoms with E-state index >= 15 is 0 Å². The first kappa shape index (κ1) is 15.1. The van der Waals surface area contributed by atoms with Gasteiger partial charge >= 0.3 is 0 Å². The van der Waals surface area contributed by atoms with Crippen molar-refractivity contribution in [3.05, 3.63) is 41.0 Å². The van der Waals surface area contributed by atoms with Crippen molar-refractivity contribution in [2.24, 2.45) is 0 Å². The number of ether oxygens (including phenoxy) is 1. The van der Waals surface area contributed by atoms with E-state index in [1.165, 1.54) is 0 Å². The van der Waals surface area contributed by atoms with Gasteiger partial charge in [-0.1, -0.05) is 11.8 Å². The summed E-state index contributed by atoms with van der Waals surface area (Å²) in [5.41, 5.74) is 1.93. The lowest BCUT2D eigenvalue weighted by molar-refractivity contribution is 0.305. The van der Waals surface area contributed by atoms with Gasteiger partial charge in [0.05, 0.1) is 20.3 Å². The summed E-state index contributed by atoms with van der Waals surface area (Å²) in [7, 11) is 1.64. The Bertz CT molecular complexity index is 681. The molecule has 0 fully saturated rings. The fraction of sp³-hybridized carbons (Fsp3) is 0.375. The van der Waals surface area contributed by atoms with Gasteiger partial charge in [-0.2, -0.15) is 5.10 Å². The molecule has 21 heavy (non-hydrogen) atoms.